The third-order valence-electron chi connectivity index (χ3n) is 6.75. The van der Waals surface area contributed by atoms with E-state index in [-0.39, 0.29) is 31.6 Å². The number of likely N-dealkylation sites (N-methyl/N-ethyl adjacent to an activating group) is 1. The summed E-state index contributed by atoms with van der Waals surface area (Å²) in [5.41, 5.74) is 3.73. The van der Waals surface area contributed by atoms with Crippen LogP contribution in [0.4, 0.5) is 0 Å². The molecule has 1 aliphatic rings. The number of nitrogens with zero attached hydrogens (tertiary/aromatic N) is 3. The van der Waals surface area contributed by atoms with Crippen molar-refractivity contribution in [1.82, 2.24) is 14.1 Å². The number of halogens is 2. The number of hydrogen-bond acceptors (Lipinski definition) is 4. The zero-order valence-corrected chi connectivity index (χ0v) is 24.4. The molecule has 1 amide bonds. The zero-order valence-electron chi connectivity index (χ0n) is 21.2. The average Bonchev–Trinajstić information content (AvgIpc) is 2.88. The molecule has 0 aliphatic carbocycles. The van der Waals surface area contributed by atoms with Gasteiger partial charge in [0.25, 0.3) is 0 Å². The fraction of sp³-hybridized carbons (Fsp3) is 0.321. The van der Waals surface area contributed by atoms with E-state index in [1.165, 1.54) is 4.31 Å². The summed E-state index contributed by atoms with van der Waals surface area (Å²) in [6.07, 6.45) is 0. The van der Waals surface area contributed by atoms with E-state index < -0.39 is 10.0 Å². The number of aryl methyl sites for hydroxylation is 2. The standard InChI is InChI=1S/C28H31BrClN3O3S/c1-20-4-5-21(2)26(18-20)37(35,36)33-16-14-32(15-17-33)27(34)19-31(3)28(22-6-10-24(29)11-7-22)23-8-12-25(30)13-9-23/h4-13,18,28H,14-17,19H2,1-3H3. The fourth-order valence-corrected chi connectivity index (χ4v) is 6.82. The molecule has 6 nitrogen and oxygen atoms in total. The predicted octanol–water partition coefficient (Wildman–Crippen LogP) is 5.27. The first-order chi connectivity index (χ1) is 17.6. The monoisotopic (exact) mass is 603 g/mol. The Kier molecular flexibility index (Phi) is 8.76. The number of amides is 1. The summed E-state index contributed by atoms with van der Waals surface area (Å²) in [5, 5.41) is 0.658. The summed E-state index contributed by atoms with van der Waals surface area (Å²) >= 11 is 9.61. The van der Waals surface area contributed by atoms with Crippen molar-refractivity contribution in [3.8, 4) is 0 Å². The number of benzene rings is 3. The lowest BCUT2D eigenvalue weighted by Crippen LogP contribution is -2.52. The lowest BCUT2D eigenvalue weighted by Gasteiger charge is -2.36. The SMILES string of the molecule is Cc1ccc(C)c(S(=O)(=O)N2CCN(C(=O)CN(C)C(c3ccc(Cl)cc3)c3ccc(Br)cc3)CC2)c1. The second kappa shape index (κ2) is 11.7. The summed E-state index contributed by atoms with van der Waals surface area (Å²) in [4.78, 5) is 17.4. The van der Waals surface area contributed by atoms with Crippen LogP contribution in [0.1, 0.15) is 28.3 Å². The van der Waals surface area contributed by atoms with Crippen molar-refractivity contribution < 1.29 is 13.2 Å². The molecule has 0 bridgehead atoms. The van der Waals surface area contributed by atoms with Crippen LogP contribution in [-0.4, -0.2) is 68.2 Å². The van der Waals surface area contributed by atoms with Gasteiger partial charge in [-0.05, 0) is 73.5 Å². The van der Waals surface area contributed by atoms with Crippen molar-refractivity contribution in [1.29, 1.82) is 0 Å². The van der Waals surface area contributed by atoms with Gasteiger partial charge in [-0.3, -0.25) is 9.69 Å². The minimum absolute atomic E-state index is 0.0256. The minimum Gasteiger partial charge on any atom is -0.339 e. The minimum atomic E-state index is -3.61. The Morgan fingerprint density at radius 1 is 0.946 bits per heavy atom. The third-order valence-corrected chi connectivity index (χ3v) is 9.57. The van der Waals surface area contributed by atoms with E-state index in [1.807, 2.05) is 86.5 Å². The molecule has 1 atom stereocenters. The Morgan fingerprint density at radius 3 is 2.11 bits per heavy atom. The first-order valence-corrected chi connectivity index (χ1v) is 14.7. The van der Waals surface area contributed by atoms with Crippen LogP contribution in [0, 0.1) is 13.8 Å². The summed E-state index contributed by atoms with van der Waals surface area (Å²) in [6, 6.07) is 21.1. The van der Waals surface area contributed by atoms with E-state index in [0.29, 0.717) is 23.0 Å². The number of carbonyl (C=O) groups excluding carboxylic acids is 1. The largest absolute Gasteiger partial charge is 0.339 e. The molecule has 1 heterocycles. The molecule has 1 aliphatic heterocycles. The van der Waals surface area contributed by atoms with Crippen molar-refractivity contribution in [2.24, 2.45) is 0 Å². The second-order valence-corrected chi connectivity index (χ2v) is 12.7. The average molecular weight is 605 g/mol. The highest BCUT2D eigenvalue weighted by molar-refractivity contribution is 9.10. The summed E-state index contributed by atoms with van der Waals surface area (Å²) < 4.78 is 29.0. The lowest BCUT2D eigenvalue weighted by molar-refractivity contribution is -0.133. The van der Waals surface area contributed by atoms with Gasteiger partial charge in [-0.1, -0.05) is 63.9 Å². The molecule has 4 rings (SSSR count). The molecular formula is C28H31BrClN3O3S. The highest BCUT2D eigenvalue weighted by Gasteiger charge is 2.32. The first-order valence-electron chi connectivity index (χ1n) is 12.1. The molecule has 37 heavy (non-hydrogen) atoms. The van der Waals surface area contributed by atoms with Gasteiger partial charge in [-0.15, -0.1) is 0 Å². The smallest absolute Gasteiger partial charge is 0.243 e. The number of sulfonamides is 1. The number of hydrogen-bond donors (Lipinski definition) is 0. The molecule has 1 unspecified atom stereocenters. The fourth-order valence-electron chi connectivity index (χ4n) is 4.70. The Labute approximate surface area is 233 Å². The maximum Gasteiger partial charge on any atom is 0.243 e. The van der Waals surface area contributed by atoms with Crippen molar-refractivity contribution in [2.45, 2.75) is 24.8 Å². The molecule has 0 spiro atoms. The van der Waals surface area contributed by atoms with Gasteiger partial charge in [0.1, 0.15) is 0 Å². The molecule has 0 N–H and O–H groups in total. The molecule has 1 saturated heterocycles. The van der Waals surface area contributed by atoms with E-state index in [1.54, 1.807) is 11.0 Å². The third kappa shape index (κ3) is 6.44. The molecule has 3 aromatic rings. The van der Waals surface area contributed by atoms with Crippen molar-refractivity contribution in [3.05, 3.63) is 98.5 Å². The van der Waals surface area contributed by atoms with Crippen LogP contribution >= 0.6 is 27.5 Å². The molecule has 3 aromatic carbocycles. The molecule has 1 fully saturated rings. The summed E-state index contributed by atoms with van der Waals surface area (Å²) in [7, 11) is -1.68. The van der Waals surface area contributed by atoms with E-state index in [2.05, 4.69) is 15.9 Å². The van der Waals surface area contributed by atoms with Crippen LogP contribution in [0.25, 0.3) is 0 Å². The van der Waals surface area contributed by atoms with Gasteiger partial charge in [0.05, 0.1) is 17.5 Å². The number of rotatable bonds is 7. The quantitative estimate of drug-likeness (QED) is 0.369. The van der Waals surface area contributed by atoms with Crippen LogP contribution in [-0.2, 0) is 14.8 Å². The van der Waals surface area contributed by atoms with Gasteiger partial charge in [0, 0.05) is 35.7 Å². The van der Waals surface area contributed by atoms with Gasteiger partial charge < -0.3 is 4.90 Å². The topological polar surface area (TPSA) is 60.9 Å². The number of piperazine rings is 1. The van der Waals surface area contributed by atoms with Crippen molar-refractivity contribution in [3.63, 3.8) is 0 Å². The Bertz CT molecular complexity index is 1310. The predicted molar refractivity (Wildman–Crippen MR) is 151 cm³/mol. The highest BCUT2D eigenvalue weighted by Crippen LogP contribution is 2.30. The van der Waals surface area contributed by atoms with E-state index in [0.717, 1.165) is 26.7 Å². The zero-order chi connectivity index (χ0) is 26.7. The maximum absolute atomic E-state index is 13.3. The molecule has 9 heteroatoms. The Hall–Kier alpha value is -2.23. The van der Waals surface area contributed by atoms with Gasteiger partial charge >= 0.3 is 0 Å². The van der Waals surface area contributed by atoms with Crippen LogP contribution in [0.15, 0.2) is 76.1 Å². The molecular weight excluding hydrogens is 574 g/mol. The van der Waals surface area contributed by atoms with E-state index in [4.69, 9.17) is 11.6 Å². The van der Waals surface area contributed by atoms with E-state index in [9.17, 15) is 13.2 Å². The van der Waals surface area contributed by atoms with Crippen molar-refractivity contribution >= 4 is 43.5 Å². The maximum atomic E-state index is 13.3. The van der Waals surface area contributed by atoms with Crippen molar-refractivity contribution in [2.75, 3.05) is 39.8 Å². The Balaban J connectivity index is 1.45. The van der Waals surface area contributed by atoms with Crippen LogP contribution in [0.5, 0.6) is 0 Å². The molecule has 0 saturated carbocycles. The van der Waals surface area contributed by atoms with Gasteiger partial charge in [0.15, 0.2) is 0 Å². The summed E-state index contributed by atoms with van der Waals surface area (Å²) in [6.45, 7) is 5.17. The highest BCUT2D eigenvalue weighted by atomic mass is 79.9. The first kappa shape index (κ1) is 27.8. The Morgan fingerprint density at radius 2 is 1.51 bits per heavy atom. The second-order valence-electron chi connectivity index (χ2n) is 9.47. The number of carbonyl (C=O) groups is 1. The van der Waals surface area contributed by atoms with Crippen LogP contribution in [0.2, 0.25) is 5.02 Å². The molecule has 0 aromatic heterocycles. The normalized spacial score (nSPS) is 15.7. The van der Waals surface area contributed by atoms with Gasteiger partial charge in [-0.25, -0.2) is 8.42 Å². The summed E-state index contributed by atoms with van der Waals surface area (Å²) in [5.74, 6) is -0.0256. The van der Waals surface area contributed by atoms with E-state index >= 15 is 0 Å². The van der Waals surface area contributed by atoms with Gasteiger partial charge in [0.2, 0.25) is 15.9 Å². The van der Waals surface area contributed by atoms with Crippen LogP contribution in [0.3, 0.4) is 0 Å². The van der Waals surface area contributed by atoms with Crippen LogP contribution < -0.4 is 0 Å². The molecule has 196 valence electrons. The lowest BCUT2D eigenvalue weighted by atomic mass is 9.97. The molecule has 0 radical (unpaired) electrons. The van der Waals surface area contributed by atoms with Gasteiger partial charge in [-0.2, -0.15) is 4.31 Å².